The van der Waals surface area contributed by atoms with Crippen molar-refractivity contribution in [3.63, 3.8) is 0 Å². The minimum Gasteiger partial charge on any atom is -0.477 e. The number of hydrogen-bond donors (Lipinski definition) is 2. The first-order chi connectivity index (χ1) is 13.9. The van der Waals surface area contributed by atoms with Crippen molar-refractivity contribution >= 4 is 34.2 Å². The van der Waals surface area contributed by atoms with E-state index in [1.165, 1.54) is 6.20 Å². The second kappa shape index (κ2) is 6.57. The van der Waals surface area contributed by atoms with Gasteiger partial charge in [0.2, 0.25) is 5.43 Å². The number of carbonyl (C=O) groups is 1. The lowest BCUT2D eigenvalue weighted by atomic mass is 9.83. The fraction of sp³-hybridized carbons (Fsp3) is 0.429. The molecule has 5 rings (SSSR count). The van der Waals surface area contributed by atoms with E-state index in [9.17, 15) is 14.7 Å². The van der Waals surface area contributed by atoms with Crippen LogP contribution in [0.3, 0.4) is 0 Å². The van der Waals surface area contributed by atoms with Gasteiger partial charge in [-0.15, -0.1) is 0 Å². The van der Waals surface area contributed by atoms with E-state index < -0.39 is 17.2 Å². The minimum atomic E-state index is -1.32. The first-order valence-electron chi connectivity index (χ1n) is 9.84. The van der Waals surface area contributed by atoms with Crippen LogP contribution in [0.2, 0.25) is 5.02 Å². The number of rotatable bonds is 3. The summed E-state index contributed by atoms with van der Waals surface area (Å²) in [4.78, 5) is 26.1. The van der Waals surface area contributed by atoms with Crippen LogP contribution < -0.4 is 16.1 Å². The summed E-state index contributed by atoms with van der Waals surface area (Å²) in [7, 11) is 0. The van der Waals surface area contributed by atoms with Gasteiger partial charge in [-0.3, -0.25) is 4.79 Å². The van der Waals surface area contributed by atoms with Crippen LogP contribution in [0.4, 0.5) is 10.1 Å². The molecule has 0 bridgehead atoms. The number of fused-ring (bicyclic) bond motifs is 2. The minimum absolute atomic E-state index is 0.0104. The Balaban J connectivity index is 1.70. The highest BCUT2D eigenvalue weighted by atomic mass is 35.5. The van der Waals surface area contributed by atoms with E-state index in [0.717, 1.165) is 25.3 Å². The molecule has 2 fully saturated rings. The molecule has 3 unspecified atom stereocenters. The summed E-state index contributed by atoms with van der Waals surface area (Å²) >= 11 is 6.70. The van der Waals surface area contributed by atoms with Crippen molar-refractivity contribution in [1.82, 2.24) is 4.57 Å². The quantitative estimate of drug-likeness (QED) is 0.749. The number of pyridine rings is 1. The molecule has 1 saturated carbocycles. The maximum atomic E-state index is 15.2. The van der Waals surface area contributed by atoms with Crippen molar-refractivity contribution in [2.24, 2.45) is 17.6 Å². The van der Waals surface area contributed by atoms with Gasteiger partial charge in [0.15, 0.2) is 0 Å². The van der Waals surface area contributed by atoms with Crippen molar-refractivity contribution in [1.29, 1.82) is 0 Å². The Bertz CT molecular complexity index is 1120. The predicted octanol–water partition coefficient (Wildman–Crippen LogP) is 3.17. The SMILES string of the molecule is NC1CC=CC2CN(c3c(F)cc4c(=O)c(C(=O)O)cn(C5CC5)c4c3Cl)CC12. The smallest absolute Gasteiger partial charge is 0.341 e. The number of nitrogens with two attached hydrogens (primary N) is 1. The van der Waals surface area contributed by atoms with Crippen molar-refractivity contribution in [3.8, 4) is 0 Å². The molecule has 2 heterocycles. The monoisotopic (exact) mass is 417 g/mol. The maximum Gasteiger partial charge on any atom is 0.341 e. The van der Waals surface area contributed by atoms with Crippen LogP contribution >= 0.6 is 11.6 Å². The molecular weight excluding hydrogens is 397 g/mol. The number of halogens is 2. The third-order valence-electron chi connectivity index (χ3n) is 6.42. The number of aromatic nitrogens is 1. The maximum absolute atomic E-state index is 15.2. The van der Waals surface area contributed by atoms with E-state index in [2.05, 4.69) is 12.2 Å². The molecule has 0 spiro atoms. The summed E-state index contributed by atoms with van der Waals surface area (Å²) in [5.41, 5.74) is 5.86. The highest BCUT2D eigenvalue weighted by Crippen LogP contribution is 2.44. The Labute approximate surface area is 171 Å². The summed E-state index contributed by atoms with van der Waals surface area (Å²) in [6, 6.07) is 1.24. The number of hydrogen-bond acceptors (Lipinski definition) is 4. The fourth-order valence-electron chi connectivity index (χ4n) is 4.79. The number of carboxylic acids is 1. The summed E-state index contributed by atoms with van der Waals surface area (Å²) in [5.74, 6) is -1.46. The molecule has 29 heavy (non-hydrogen) atoms. The molecule has 0 amide bonds. The van der Waals surface area contributed by atoms with Gasteiger partial charge < -0.3 is 20.3 Å². The lowest BCUT2D eigenvalue weighted by molar-refractivity contribution is 0.0695. The van der Waals surface area contributed by atoms with Crippen molar-refractivity contribution in [2.75, 3.05) is 18.0 Å². The van der Waals surface area contributed by atoms with E-state index in [1.54, 1.807) is 4.57 Å². The van der Waals surface area contributed by atoms with Gasteiger partial charge in [0.1, 0.15) is 11.4 Å². The Hall–Kier alpha value is -2.38. The zero-order valence-electron chi connectivity index (χ0n) is 15.6. The summed E-state index contributed by atoms with van der Waals surface area (Å²) in [6.07, 6.45) is 8.11. The second-order valence-electron chi connectivity index (χ2n) is 8.29. The summed E-state index contributed by atoms with van der Waals surface area (Å²) < 4.78 is 16.9. The average molecular weight is 418 g/mol. The molecule has 1 saturated heterocycles. The summed E-state index contributed by atoms with van der Waals surface area (Å²) in [6.45, 7) is 1.21. The molecule has 1 aromatic heterocycles. The average Bonchev–Trinajstić information content (AvgIpc) is 3.42. The van der Waals surface area contributed by atoms with Gasteiger partial charge in [0.25, 0.3) is 0 Å². The molecule has 6 nitrogen and oxygen atoms in total. The molecule has 1 aromatic carbocycles. The van der Waals surface area contributed by atoms with Gasteiger partial charge in [0.05, 0.1) is 21.6 Å². The molecule has 3 aliphatic rings. The lowest BCUT2D eigenvalue weighted by Crippen LogP contribution is -2.36. The molecule has 2 aromatic rings. The standard InChI is InChI=1S/C21H21ClFN3O3/c22-17-18-12(20(27)14(21(28)29)9-26(18)11-4-5-11)6-15(23)19(17)25-7-10-2-1-3-16(24)13(10)8-25/h1-2,6,9-11,13,16H,3-5,7-8,24H2,(H,28,29). The number of carboxylic acid groups (broad SMARTS) is 1. The molecule has 0 radical (unpaired) electrons. The summed E-state index contributed by atoms with van der Waals surface area (Å²) in [5, 5.41) is 9.57. The van der Waals surface area contributed by atoms with E-state index in [-0.39, 0.29) is 45.6 Å². The van der Waals surface area contributed by atoms with Gasteiger partial charge in [-0.25, -0.2) is 9.18 Å². The van der Waals surface area contributed by atoms with Gasteiger partial charge >= 0.3 is 5.97 Å². The molecule has 8 heteroatoms. The van der Waals surface area contributed by atoms with Crippen molar-refractivity contribution < 1.29 is 14.3 Å². The Kier molecular flexibility index (Phi) is 4.22. The van der Waals surface area contributed by atoms with Gasteiger partial charge in [-0.1, -0.05) is 23.8 Å². The number of anilines is 1. The molecule has 2 aliphatic carbocycles. The van der Waals surface area contributed by atoms with E-state index >= 15 is 4.39 Å². The van der Waals surface area contributed by atoms with Crippen LogP contribution in [0.5, 0.6) is 0 Å². The number of nitrogens with zero attached hydrogens (tertiary/aromatic N) is 2. The van der Waals surface area contributed by atoms with E-state index in [0.29, 0.717) is 18.6 Å². The van der Waals surface area contributed by atoms with Crippen LogP contribution in [0.15, 0.2) is 29.2 Å². The van der Waals surface area contributed by atoms with Gasteiger partial charge in [-0.2, -0.15) is 0 Å². The van der Waals surface area contributed by atoms with Crippen LogP contribution in [-0.2, 0) is 0 Å². The topological polar surface area (TPSA) is 88.6 Å². The third-order valence-corrected chi connectivity index (χ3v) is 6.78. The highest BCUT2D eigenvalue weighted by molar-refractivity contribution is 6.38. The van der Waals surface area contributed by atoms with Crippen molar-refractivity contribution in [3.05, 3.63) is 51.0 Å². The predicted molar refractivity (Wildman–Crippen MR) is 109 cm³/mol. The number of benzene rings is 1. The van der Waals surface area contributed by atoms with E-state index in [1.807, 2.05) is 4.90 Å². The molecule has 1 aliphatic heterocycles. The second-order valence-corrected chi connectivity index (χ2v) is 8.67. The molecule has 152 valence electrons. The Morgan fingerprint density at radius 2 is 2.07 bits per heavy atom. The first-order valence-corrected chi connectivity index (χ1v) is 10.2. The largest absolute Gasteiger partial charge is 0.477 e. The van der Waals surface area contributed by atoms with Crippen LogP contribution in [0.1, 0.15) is 35.7 Å². The zero-order valence-corrected chi connectivity index (χ0v) is 16.4. The van der Waals surface area contributed by atoms with Crippen molar-refractivity contribution in [2.45, 2.75) is 31.3 Å². The Morgan fingerprint density at radius 1 is 1.31 bits per heavy atom. The molecule has 3 atom stereocenters. The van der Waals surface area contributed by atoms with Crippen LogP contribution in [0, 0.1) is 17.7 Å². The van der Waals surface area contributed by atoms with Crippen LogP contribution in [0.25, 0.3) is 10.9 Å². The lowest BCUT2D eigenvalue weighted by Gasteiger charge is -2.25. The van der Waals surface area contributed by atoms with E-state index in [4.69, 9.17) is 17.3 Å². The van der Waals surface area contributed by atoms with Gasteiger partial charge in [-0.05, 0) is 31.2 Å². The Morgan fingerprint density at radius 3 is 2.72 bits per heavy atom. The van der Waals surface area contributed by atoms with Crippen LogP contribution in [-0.4, -0.2) is 34.8 Å². The number of aromatic carboxylic acids is 1. The zero-order chi connectivity index (χ0) is 20.4. The normalized spacial score (nSPS) is 26.2. The molecule has 3 N–H and O–H groups in total. The first kappa shape index (κ1) is 18.6. The fourth-order valence-corrected chi connectivity index (χ4v) is 5.20. The third kappa shape index (κ3) is 2.87. The highest BCUT2D eigenvalue weighted by Gasteiger charge is 2.39. The van der Waals surface area contributed by atoms with Gasteiger partial charge in [0, 0.05) is 37.3 Å². The molecular formula is C21H21ClFN3O3.